The van der Waals surface area contributed by atoms with Crippen LogP contribution in [0.25, 0.3) is 0 Å². The zero-order valence-electron chi connectivity index (χ0n) is 7.73. The molecule has 0 bridgehead atoms. The summed E-state index contributed by atoms with van der Waals surface area (Å²) in [5.74, 6) is -0.0793. The highest BCUT2D eigenvalue weighted by atomic mass is 16.4. The average Bonchev–Trinajstić information content (AvgIpc) is 2.89. The minimum atomic E-state index is -0.0553. The molecule has 74 valence electrons. The molecule has 3 N–H and O–H groups in total. The molecule has 0 unspecified atom stereocenters. The van der Waals surface area contributed by atoms with Crippen LogP contribution in [0.4, 0.5) is 0 Å². The summed E-state index contributed by atoms with van der Waals surface area (Å²) in [5, 5.41) is 11.1. The van der Waals surface area contributed by atoms with Crippen molar-refractivity contribution in [3.8, 4) is 0 Å². The van der Waals surface area contributed by atoms with Crippen LogP contribution in [0.3, 0.4) is 0 Å². The quantitative estimate of drug-likeness (QED) is 0.283. The molecule has 0 spiro atoms. The Morgan fingerprint density at radius 3 is 2.69 bits per heavy atom. The first-order chi connectivity index (χ1) is 6.19. The van der Waals surface area contributed by atoms with Crippen LogP contribution in [0.5, 0.6) is 0 Å². The van der Waals surface area contributed by atoms with Crippen molar-refractivity contribution < 1.29 is 10.0 Å². The molecule has 5 heteroatoms. The molecular weight excluding hydrogens is 170 g/mol. The Balaban J connectivity index is 2.44. The predicted octanol–water partition coefficient (Wildman–Crippen LogP) is 0.134. The maximum absolute atomic E-state index is 11.5. The molecule has 0 radical (unpaired) electrons. The van der Waals surface area contributed by atoms with E-state index < -0.39 is 0 Å². The van der Waals surface area contributed by atoms with Crippen LogP contribution in [-0.2, 0) is 4.79 Å². The van der Waals surface area contributed by atoms with Gasteiger partial charge in [-0.2, -0.15) is 0 Å². The molecule has 1 rings (SSSR count). The molecular formula is C8H15N3O2. The van der Waals surface area contributed by atoms with Gasteiger partial charge >= 0.3 is 0 Å². The lowest BCUT2D eigenvalue weighted by Gasteiger charge is -2.19. The zero-order valence-corrected chi connectivity index (χ0v) is 7.73. The normalized spacial score (nSPS) is 17.2. The molecule has 1 saturated carbocycles. The van der Waals surface area contributed by atoms with Crippen LogP contribution in [0.1, 0.15) is 26.2 Å². The minimum Gasteiger partial charge on any atom is -0.409 e. The molecule has 1 aliphatic carbocycles. The van der Waals surface area contributed by atoms with Gasteiger partial charge in [-0.15, -0.1) is 0 Å². The molecule has 0 aromatic heterocycles. The van der Waals surface area contributed by atoms with Crippen molar-refractivity contribution in [2.24, 2.45) is 10.9 Å². The van der Waals surface area contributed by atoms with E-state index in [1.807, 2.05) is 6.92 Å². The Kier molecular flexibility index (Phi) is 3.11. The maximum Gasteiger partial charge on any atom is 0.230 e. The highest BCUT2D eigenvalue weighted by Crippen LogP contribution is 2.26. The Labute approximate surface area is 77.2 Å². The fourth-order valence-corrected chi connectivity index (χ4v) is 1.32. The molecule has 1 fully saturated rings. The number of carbonyl (C=O) groups excluding carboxylic acids is 1. The third-order valence-electron chi connectivity index (χ3n) is 2.11. The van der Waals surface area contributed by atoms with Gasteiger partial charge in [0.2, 0.25) is 5.91 Å². The largest absolute Gasteiger partial charge is 0.409 e. The summed E-state index contributed by atoms with van der Waals surface area (Å²) in [5.41, 5.74) is 5.24. The van der Waals surface area contributed by atoms with E-state index >= 15 is 0 Å². The van der Waals surface area contributed by atoms with Crippen LogP contribution in [0.15, 0.2) is 5.16 Å². The van der Waals surface area contributed by atoms with Crippen molar-refractivity contribution in [2.75, 3.05) is 6.54 Å². The van der Waals surface area contributed by atoms with Gasteiger partial charge in [0.25, 0.3) is 0 Å². The number of hydrogen-bond acceptors (Lipinski definition) is 3. The van der Waals surface area contributed by atoms with Crippen molar-refractivity contribution >= 4 is 11.7 Å². The molecule has 0 heterocycles. The van der Waals surface area contributed by atoms with Gasteiger partial charge in [-0.05, 0) is 19.8 Å². The van der Waals surface area contributed by atoms with E-state index in [1.54, 1.807) is 4.90 Å². The number of hydrogen-bond donors (Lipinski definition) is 2. The Hall–Kier alpha value is -1.26. The highest BCUT2D eigenvalue weighted by molar-refractivity contribution is 5.98. The fraction of sp³-hybridized carbons (Fsp3) is 0.750. The van der Waals surface area contributed by atoms with E-state index in [1.165, 1.54) is 0 Å². The summed E-state index contributed by atoms with van der Waals surface area (Å²) in [6.45, 7) is 2.63. The van der Waals surface area contributed by atoms with Crippen LogP contribution < -0.4 is 5.73 Å². The first-order valence-electron chi connectivity index (χ1n) is 4.45. The third-order valence-corrected chi connectivity index (χ3v) is 2.11. The summed E-state index contributed by atoms with van der Waals surface area (Å²) < 4.78 is 0. The van der Waals surface area contributed by atoms with Gasteiger partial charge in [0.15, 0.2) is 0 Å². The summed E-state index contributed by atoms with van der Waals surface area (Å²) in [4.78, 5) is 13.3. The van der Waals surface area contributed by atoms with Crippen molar-refractivity contribution in [1.82, 2.24) is 4.90 Å². The summed E-state index contributed by atoms with van der Waals surface area (Å²) >= 11 is 0. The van der Waals surface area contributed by atoms with E-state index in [-0.39, 0.29) is 18.2 Å². The number of nitrogens with two attached hydrogens (primary N) is 1. The van der Waals surface area contributed by atoms with Gasteiger partial charge in [0.1, 0.15) is 5.84 Å². The lowest BCUT2D eigenvalue weighted by atomic mass is 10.3. The van der Waals surface area contributed by atoms with Crippen molar-refractivity contribution in [2.45, 2.75) is 32.2 Å². The van der Waals surface area contributed by atoms with Crippen LogP contribution in [0.2, 0.25) is 0 Å². The van der Waals surface area contributed by atoms with E-state index in [0.29, 0.717) is 12.6 Å². The lowest BCUT2D eigenvalue weighted by Crippen LogP contribution is -2.35. The number of carbonyl (C=O) groups is 1. The highest BCUT2D eigenvalue weighted by Gasteiger charge is 2.31. The summed E-state index contributed by atoms with van der Waals surface area (Å²) in [7, 11) is 0. The smallest absolute Gasteiger partial charge is 0.230 e. The zero-order chi connectivity index (χ0) is 9.84. The van der Waals surface area contributed by atoms with Gasteiger partial charge in [0, 0.05) is 12.6 Å². The molecule has 0 aliphatic heterocycles. The first-order valence-corrected chi connectivity index (χ1v) is 4.45. The predicted molar refractivity (Wildman–Crippen MR) is 48.4 cm³/mol. The Morgan fingerprint density at radius 1 is 1.69 bits per heavy atom. The van der Waals surface area contributed by atoms with Gasteiger partial charge in [-0.3, -0.25) is 4.79 Å². The average molecular weight is 185 g/mol. The van der Waals surface area contributed by atoms with E-state index in [9.17, 15) is 4.79 Å². The number of oxime groups is 1. The van der Waals surface area contributed by atoms with Gasteiger partial charge < -0.3 is 15.8 Å². The number of amides is 1. The molecule has 1 aliphatic rings. The summed E-state index contributed by atoms with van der Waals surface area (Å²) in [6, 6.07) is 0.393. The number of nitrogens with zero attached hydrogens (tertiary/aromatic N) is 2. The van der Waals surface area contributed by atoms with Crippen LogP contribution >= 0.6 is 0 Å². The second kappa shape index (κ2) is 4.11. The van der Waals surface area contributed by atoms with E-state index in [4.69, 9.17) is 10.9 Å². The fourth-order valence-electron chi connectivity index (χ4n) is 1.32. The molecule has 1 amide bonds. The molecule has 0 saturated heterocycles. The minimum absolute atomic E-state index is 0.0147. The van der Waals surface area contributed by atoms with E-state index in [2.05, 4.69) is 5.16 Å². The topological polar surface area (TPSA) is 78.9 Å². The van der Waals surface area contributed by atoms with Gasteiger partial charge in [-0.1, -0.05) is 5.16 Å². The second-order valence-corrected chi connectivity index (χ2v) is 3.18. The number of amidine groups is 1. The second-order valence-electron chi connectivity index (χ2n) is 3.18. The van der Waals surface area contributed by atoms with Gasteiger partial charge in [0.05, 0.1) is 6.42 Å². The molecule has 0 aromatic rings. The molecule has 5 nitrogen and oxygen atoms in total. The summed E-state index contributed by atoms with van der Waals surface area (Å²) in [6.07, 6.45) is 2.17. The van der Waals surface area contributed by atoms with Crippen molar-refractivity contribution in [3.05, 3.63) is 0 Å². The monoisotopic (exact) mass is 185 g/mol. The third kappa shape index (κ3) is 2.61. The molecule has 0 atom stereocenters. The van der Waals surface area contributed by atoms with Crippen LogP contribution in [-0.4, -0.2) is 34.4 Å². The van der Waals surface area contributed by atoms with E-state index in [0.717, 1.165) is 12.8 Å². The standard InChI is InChI=1S/C8H15N3O2/c1-2-11(6-3-4-6)8(12)5-7(9)10-13/h6,13H,2-5H2,1H3,(H2,9,10). The maximum atomic E-state index is 11.5. The number of rotatable bonds is 4. The van der Waals surface area contributed by atoms with Crippen molar-refractivity contribution in [3.63, 3.8) is 0 Å². The first kappa shape index (κ1) is 9.83. The SMILES string of the molecule is CCN(C(=O)C/C(N)=N/O)C1CC1. The lowest BCUT2D eigenvalue weighted by molar-refractivity contribution is -0.130. The Bertz CT molecular complexity index is 223. The Morgan fingerprint density at radius 2 is 2.31 bits per heavy atom. The molecule has 13 heavy (non-hydrogen) atoms. The molecule has 0 aromatic carbocycles. The van der Waals surface area contributed by atoms with Crippen molar-refractivity contribution in [1.29, 1.82) is 0 Å². The van der Waals surface area contributed by atoms with Gasteiger partial charge in [-0.25, -0.2) is 0 Å². The van der Waals surface area contributed by atoms with Crippen LogP contribution in [0, 0.1) is 0 Å².